The standard InChI is InChI=1S/C13H20N.K/c1-10(2)14-12-8-6-11(7-9-12)13(3,4)5;/h6-10H,1-5H3;/q-1;+1. The van der Waals surface area contributed by atoms with Gasteiger partial charge in [-0.15, -0.1) is 11.7 Å². The molecular formula is C13H20KN. The summed E-state index contributed by atoms with van der Waals surface area (Å²) in [6.45, 7) is 10.9. The fourth-order valence-electron chi connectivity index (χ4n) is 1.35. The van der Waals surface area contributed by atoms with E-state index in [2.05, 4.69) is 64.2 Å². The molecule has 78 valence electrons. The van der Waals surface area contributed by atoms with Crippen molar-refractivity contribution in [2.24, 2.45) is 0 Å². The molecular weight excluding hydrogens is 209 g/mol. The number of benzene rings is 1. The Labute approximate surface area is 136 Å². The van der Waals surface area contributed by atoms with E-state index in [1.54, 1.807) is 0 Å². The second-order valence-corrected chi connectivity index (χ2v) is 5.02. The second-order valence-electron chi connectivity index (χ2n) is 5.02. The van der Waals surface area contributed by atoms with Gasteiger partial charge in [-0.1, -0.05) is 58.9 Å². The molecule has 1 aromatic carbocycles. The fraction of sp³-hybridized carbons (Fsp3) is 0.538. The molecule has 0 amide bonds. The first kappa shape index (κ1) is 15.7. The molecule has 0 fully saturated rings. The summed E-state index contributed by atoms with van der Waals surface area (Å²) in [5.74, 6) is 0. The van der Waals surface area contributed by atoms with Gasteiger partial charge in [0.25, 0.3) is 0 Å². The maximum atomic E-state index is 4.48. The molecule has 0 unspecified atom stereocenters. The van der Waals surface area contributed by atoms with Gasteiger partial charge in [-0.2, -0.15) is 0 Å². The van der Waals surface area contributed by atoms with Crippen molar-refractivity contribution >= 4 is 5.69 Å². The molecule has 1 rings (SSSR count). The van der Waals surface area contributed by atoms with Crippen LogP contribution in [0.4, 0.5) is 5.69 Å². The van der Waals surface area contributed by atoms with E-state index in [9.17, 15) is 0 Å². The summed E-state index contributed by atoms with van der Waals surface area (Å²) in [5, 5.41) is 4.48. The van der Waals surface area contributed by atoms with Crippen LogP contribution >= 0.6 is 0 Å². The molecule has 0 saturated carbocycles. The van der Waals surface area contributed by atoms with Crippen LogP contribution in [0.2, 0.25) is 0 Å². The molecule has 1 aromatic rings. The van der Waals surface area contributed by atoms with Gasteiger partial charge in [0.2, 0.25) is 0 Å². The summed E-state index contributed by atoms with van der Waals surface area (Å²) in [5.41, 5.74) is 2.67. The average Bonchev–Trinajstić information content (AvgIpc) is 2.02. The number of rotatable bonds is 2. The maximum absolute atomic E-state index is 4.48. The van der Waals surface area contributed by atoms with Crippen LogP contribution in [0, 0.1) is 0 Å². The molecule has 0 aliphatic heterocycles. The third-order valence-electron chi connectivity index (χ3n) is 2.14. The Bertz CT molecular complexity index is 282. The van der Waals surface area contributed by atoms with Crippen LogP contribution < -0.4 is 51.4 Å². The van der Waals surface area contributed by atoms with E-state index < -0.39 is 0 Å². The van der Waals surface area contributed by atoms with Crippen LogP contribution in [0.1, 0.15) is 40.2 Å². The van der Waals surface area contributed by atoms with Gasteiger partial charge >= 0.3 is 51.4 Å². The van der Waals surface area contributed by atoms with Gasteiger partial charge in [0.05, 0.1) is 0 Å². The molecule has 2 heteroatoms. The third kappa shape index (κ3) is 5.50. The van der Waals surface area contributed by atoms with Gasteiger partial charge in [0.1, 0.15) is 0 Å². The van der Waals surface area contributed by atoms with Crippen molar-refractivity contribution in [1.82, 2.24) is 0 Å². The van der Waals surface area contributed by atoms with Crippen molar-refractivity contribution in [1.29, 1.82) is 0 Å². The van der Waals surface area contributed by atoms with Crippen molar-refractivity contribution in [3.63, 3.8) is 0 Å². The van der Waals surface area contributed by atoms with E-state index in [1.807, 2.05) is 0 Å². The molecule has 0 atom stereocenters. The van der Waals surface area contributed by atoms with Crippen molar-refractivity contribution in [2.45, 2.75) is 46.1 Å². The molecule has 15 heavy (non-hydrogen) atoms. The zero-order valence-corrected chi connectivity index (χ0v) is 14.0. The number of nitrogens with zero attached hydrogens (tertiary/aromatic N) is 1. The summed E-state index contributed by atoms with van der Waals surface area (Å²) >= 11 is 0. The van der Waals surface area contributed by atoms with Crippen molar-refractivity contribution < 1.29 is 51.4 Å². The van der Waals surface area contributed by atoms with Gasteiger partial charge in [-0.25, -0.2) is 0 Å². The fourth-order valence-corrected chi connectivity index (χ4v) is 1.35. The third-order valence-corrected chi connectivity index (χ3v) is 2.14. The van der Waals surface area contributed by atoms with Crippen LogP contribution in [-0.2, 0) is 5.41 Å². The first-order valence-corrected chi connectivity index (χ1v) is 5.21. The molecule has 0 saturated heterocycles. The zero-order chi connectivity index (χ0) is 10.8. The van der Waals surface area contributed by atoms with Crippen LogP contribution in [0.25, 0.3) is 5.32 Å². The molecule has 0 radical (unpaired) electrons. The zero-order valence-electron chi connectivity index (χ0n) is 10.8. The van der Waals surface area contributed by atoms with E-state index in [-0.39, 0.29) is 56.8 Å². The molecule has 0 N–H and O–H groups in total. The Morgan fingerprint density at radius 1 is 1.00 bits per heavy atom. The van der Waals surface area contributed by atoms with E-state index in [4.69, 9.17) is 0 Å². The SMILES string of the molecule is CC(C)[N-]c1ccc(C(C)(C)C)cc1.[K+]. The number of hydrogen-bond donors (Lipinski definition) is 0. The summed E-state index contributed by atoms with van der Waals surface area (Å²) in [6.07, 6.45) is 0. The van der Waals surface area contributed by atoms with E-state index in [1.165, 1.54) is 5.56 Å². The molecule has 0 spiro atoms. The quantitative estimate of drug-likeness (QED) is 0.681. The van der Waals surface area contributed by atoms with Gasteiger partial charge in [-0.05, 0) is 11.0 Å². The first-order valence-electron chi connectivity index (χ1n) is 5.21. The number of hydrogen-bond acceptors (Lipinski definition) is 0. The Hall–Kier alpha value is 0.656. The Kier molecular flexibility index (Phi) is 6.69. The topological polar surface area (TPSA) is 14.1 Å². The molecule has 0 aromatic heterocycles. The summed E-state index contributed by atoms with van der Waals surface area (Å²) in [6, 6.07) is 8.90. The predicted octanol–water partition coefficient (Wildman–Crippen LogP) is 1.40. The van der Waals surface area contributed by atoms with Crippen molar-refractivity contribution in [3.05, 3.63) is 35.1 Å². The minimum absolute atomic E-state index is 0. The molecule has 0 aliphatic carbocycles. The predicted molar refractivity (Wildman–Crippen MR) is 63.3 cm³/mol. The van der Waals surface area contributed by atoms with Crippen molar-refractivity contribution in [2.75, 3.05) is 0 Å². The van der Waals surface area contributed by atoms with Gasteiger partial charge < -0.3 is 5.32 Å². The van der Waals surface area contributed by atoms with Crippen molar-refractivity contribution in [3.8, 4) is 0 Å². The van der Waals surface area contributed by atoms with Gasteiger partial charge in [0.15, 0.2) is 0 Å². The molecule has 0 aliphatic rings. The normalized spacial score (nSPS) is 11.1. The molecule has 0 heterocycles. The van der Waals surface area contributed by atoms with E-state index in [0.717, 1.165) is 5.69 Å². The molecule has 1 nitrogen and oxygen atoms in total. The Morgan fingerprint density at radius 2 is 1.47 bits per heavy atom. The van der Waals surface area contributed by atoms with Gasteiger partial charge in [0, 0.05) is 0 Å². The van der Waals surface area contributed by atoms with Crippen LogP contribution in [0.5, 0.6) is 0 Å². The van der Waals surface area contributed by atoms with Gasteiger partial charge in [-0.3, -0.25) is 0 Å². The van der Waals surface area contributed by atoms with E-state index in [0.29, 0.717) is 6.04 Å². The average molecular weight is 229 g/mol. The Balaban J connectivity index is 0.00000196. The minimum Gasteiger partial charge on any atom is -0.682 e. The Morgan fingerprint density at radius 3 is 1.80 bits per heavy atom. The first-order chi connectivity index (χ1) is 6.39. The largest absolute Gasteiger partial charge is 1.00 e. The monoisotopic (exact) mass is 229 g/mol. The summed E-state index contributed by atoms with van der Waals surface area (Å²) in [4.78, 5) is 0. The van der Waals surface area contributed by atoms with Crippen LogP contribution in [-0.4, -0.2) is 6.04 Å². The smallest absolute Gasteiger partial charge is 0.682 e. The summed E-state index contributed by atoms with van der Waals surface area (Å²) < 4.78 is 0. The van der Waals surface area contributed by atoms with Crippen LogP contribution in [0.3, 0.4) is 0 Å². The summed E-state index contributed by atoms with van der Waals surface area (Å²) in [7, 11) is 0. The molecule has 0 bridgehead atoms. The van der Waals surface area contributed by atoms with Crippen LogP contribution in [0.15, 0.2) is 24.3 Å². The minimum atomic E-state index is 0. The second kappa shape index (κ2) is 6.41. The van der Waals surface area contributed by atoms with E-state index >= 15 is 0 Å². The maximum Gasteiger partial charge on any atom is 1.00 e.